The number of hydrogen-bond acceptors (Lipinski definition) is 18. The van der Waals surface area contributed by atoms with Crippen LogP contribution in [0, 0.1) is 29.6 Å². The summed E-state index contributed by atoms with van der Waals surface area (Å²) in [5, 5.41) is 27.4. The summed E-state index contributed by atoms with van der Waals surface area (Å²) < 4.78 is 0. The van der Waals surface area contributed by atoms with Crippen LogP contribution in [0.4, 0.5) is 0 Å². The smallest absolute Gasteiger partial charge is 0.243 e. The molecule has 0 unspecified atom stereocenters. The second-order valence-electron chi connectivity index (χ2n) is 26.9. The molecule has 0 radical (unpaired) electrons. The van der Waals surface area contributed by atoms with Crippen molar-refractivity contribution in [3.63, 3.8) is 0 Å². The Morgan fingerprint density at radius 2 is 0.411 bits per heavy atom. The van der Waals surface area contributed by atoms with Gasteiger partial charge in [-0.25, -0.2) is 0 Å². The number of hydrogen-bond donors (Lipinski definition) is 24. The van der Waals surface area contributed by atoms with Gasteiger partial charge in [-0.1, -0.05) is 101 Å². The summed E-state index contributed by atoms with van der Waals surface area (Å²) in [7, 11) is 0. The molecule has 0 saturated carbocycles. The normalized spacial score (nSPS) is 15.5. The monoisotopic (exact) mass is 1520 g/mol. The molecule has 0 heterocycles. The summed E-state index contributed by atoms with van der Waals surface area (Å²) in [5.41, 5.74) is 78.6. The molecule has 0 aliphatic carbocycles. The van der Waals surface area contributed by atoms with Gasteiger partial charge >= 0.3 is 0 Å². The van der Waals surface area contributed by atoms with Crippen LogP contribution in [0.5, 0.6) is 0 Å². The molecule has 0 spiro atoms. The van der Waals surface area contributed by atoms with Gasteiger partial charge in [-0.05, 0) is 107 Å². The standard InChI is InChI=1S/C66H130N30O11/c1-11-34(6)45(93-54(101)43(26-20-32-85-65(77)78)88-53(100)42(25-19-31-84-64(75)76)91-58(105)47(36(8)13-3)96-59(106)48(37(9)14-4)92-51(98)39(67)22-16-28-81-61(69)70)57(104)90-41(24-18-30-83-63(73)74)52(99)89-44(27-21-33-86-66(79)80)55(102)94-49(38(10)15-5)60(107)95-46(35(7)12-2)56(103)87-40(50(68)97)23-17-29-82-62(71)72/h34-49H,11-33,67H2,1-10H3,(H2,68,97)(H,87,103)(H,88,100)(H,89,99)(H,90,104)(H,91,105)(H,92,98)(H,93,101)(H,94,102)(H,95,107)(H,96,106)(H4,69,70,81)(H4,71,72,82)(H4,73,74,83)(H4,75,76,84)(H4,77,78,85)(H4,79,80,86)/t34-,35-,36-,37-,38-,39-,40-,41-,42-,43-,44-,45-,46-,47-,48-,49-/m0/s1. The number of nitrogens with zero attached hydrogens (tertiary/aromatic N) is 6. The van der Waals surface area contributed by atoms with E-state index in [9.17, 15) is 52.7 Å². The highest BCUT2D eigenvalue weighted by atomic mass is 16.2. The van der Waals surface area contributed by atoms with Gasteiger partial charge in [0, 0.05) is 39.3 Å². The van der Waals surface area contributed by atoms with E-state index < -0.39 is 161 Å². The molecule has 0 aliphatic heterocycles. The van der Waals surface area contributed by atoms with Gasteiger partial charge < -0.3 is 133 Å². The maximum Gasteiger partial charge on any atom is 0.243 e. The molecule has 11 amide bonds. The Morgan fingerprint density at radius 3 is 0.626 bits per heavy atom. The van der Waals surface area contributed by atoms with E-state index in [4.69, 9.17) is 80.3 Å². The van der Waals surface area contributed by atoms with Crippen LogP contribution in [0.3, 0.4) is 0 Å². The van der Waals surface area contributed by atoms with E-state index in [-0.39, 0.29) is 152 Å². The van der Waals surface area contributed by atoms with Gasteiger partial charge in [-0.15, -0.1) is 0 Å². The van der Waals surface area contributed by atoms with Crippen LogP contribution >= 0.6 is 0 Å². The molecule has 38 N–H and O–H groups in total. The van der Waals surface area contributed by atoms with Crippen molar-refractivity contribution in [3.05, 3.63) is 0 Å². The Kier molecular flexibility index (Phi) is 47.6. The van der Waals surface area contributed by atoms with Gasteiger partial charge in [0.25, 0.3) is 0 Å². The molecular formula is C66H130N30O11. The van der Waals surface area contributed by atoms with Crippen LogP contribution in [-0.4, -0.2) is 206 Å². The predicted octanol–water partition coefficient (Wildman–Crippen LogP) is -6.80. The molecule has 41 heteroatoms. The molecular weight excluding hydrogens is 1390 g/mol. The van der Waals surface area contributed by atoms with E-state index >= 15 is 0 Å². The second-order valence-corrected chi connectivity index (χ2v) is 26.9. The molecule has 107 heavy (non-hydrogen) atoms. The van der Waals surface area contributed by atoms with Crippen LogP contribution in [0.2, 0.25) is 0 Å². The minimum atomic E-state index is -1.48. The zero-order valence-corrected chi connectivity index (χ0v) is 64.3. The first kappa shape index (κ1) is 96.8. The summed E-state index contributed by atoms with van der Waals surface area (Å²) in [6.07, 6.45) is 2.47. The van der Waals surface area contributed by atoms with Crippen LogP contribution in [0.15, 0.2) is 30.0 Å². The maximum atomic E-state index is 14.9. The molecule has 0 aromatic rings. The number of amides is 11. The van der Waals surface area contributed by atoms with Gasteiger partial charge in [0.05, 0.1) is 6.04 Å². The SMILES string of the molecule is CC[C@H](C)[C@H](NC(=O)[C@H](CCCN=C(N)N)NC(=O)[C@H](CCCN=C(N)N)NC(=O)[C@@H](NC(=O)[C@@H](NC(=O)[C@@H](N)CCCN=C(N)N)[C@@H](C)CC)[C@@H](C)CC)C(=O)N[C@@H](CCCN=C(N)N)C(=O)N[C@@H](CCCN=C(N)N)C(=O)N[C@H](C(=O)N[C@H](C(=O)N[C@@H](CCCN=C(N)N)C(N)=O)[C@@H](C)CC)[C@@H](C)CC. The van der Waals surface area contributed by atoms with E-state index in [1.165, 1.54) is 0 Å². The molecule has 0 aromatic heterocycles. The van der Waals surface area contributed by atoms with Crippen molar-refractivity contribution in [3.8, 4) is 0 Å². The van der Waals surface area contributed by atoms with Gasteiger partial charge in [-0.3, -0.25) is 82.7 Å². The van der Waals surface area contributed by atoms with E-state index in [0.717, 1.165) is 0 Å². The van der Waals surface area contributed by atoms with Gasteiger partial charge in [0.15, 0.2) is 35.8 Å². The fraction of sp³-hybridized carbons (Fsp3) is 0.742. The Hall–Kier alpha value is -10.2. The average Bonchev–Trinajstić information content (AvgIpc) is 0.852. The Morgan fingerprint density at radius 1 is 0.243 bits per heavy atom. The summed E-state index contributed by atoms with van der Waals surface area (Å²) in [6, 6.07) is -14.4. The minimum absolute atomic E-state index is 0.00335. The zero-order valence-electron chi connectivity index (χ0n) is 64.3. The van der Waals surface area contributed by atoms with Crippen molar-refractivity contribution in [2.24, 2.45) is 140 Å². The fourth-order valence-corrected chi connectivity index (χ4v) is 10.6. The van der Waals surface area contributed by atoms with Crippen LogP contribution in [0.1, 0.15) is 178 Å². The number of guanidine groups is 6. The van der Waals surface area contributed by atoms with E-state index in [2.05, 4.69) is 83.1 Å². The van der Waals surface area contributed by atoms with Gasteiger partial charge in [-0.2, -0.15) is 0 Å². The number of aliphatic imine (C=N–C) groups is 6. The largest absolute Gasteiger partial charge is 0.370 e. The average molecular weight is 1520 g/mol. The van der Waals surface area contributed by atoms with Crippen LogP contribution < -0.4 is 133 Å². The third kappa shape index (κ3) is 39.6. The number of nitrogens with two attached hydrogens (primary N) is 14. The highest BCUT2D eigenvalue weighted by Gasteiger charge is 2.39. The van der Waals surface area contributed by atoms with E-state index in [0.29, 0.717) is 32.1 Å². The number of carbonyl (C=O) groups excluding carboxylic acids is 11. The van der Waals surface area contributed by atoms with Gasteiger partial charge in [0.2, 0.25) is 65.0 Å². The second kappa shape index (κ2) is 52.7. The third-order valence-corrected chi connectivity index (χ3v) is 18.2. The topological polar surface area (TPSA) is 747 Å². The van der Waals surface area contributed by atoms with Crippen LogP contribution in [0.25, 0.3) is 0 Å². The quantitative estimate of drug-likeness (QED) is 0.0153. The minimum Gasteiger partial charge on any atom is -0.370 e. The van der Waals surface area contributed by atoms with Crippen molar-refractivity contribution in [2.75, 3.05) is 39.3 Å². The zero-order chi connectivity index (χ0) is 81.6. The molecule has 16 atom stereocenters. The van der Waals surface area contributed by atoms with E-state index in [1.807, 2.05) is 6.92 Å². The molecule has 0 fully saturated rings. The van der Waals surface area contributed by atoms with Gasteiger partial charge in [0.1, 0.15) is 60.4 Å². The van der Waals surface area contributed by atoms with Crippen molar-refractivity contribution in [1.29, 1.82) is 0 Å². The molecule has 0 rings (SSSR count). The molecule has 0 saturated heterocycles. The Balaban J connectivity index is 7.66. The number of nitrogens with one attached hydrogen (secondary N) is 10. The van der Waals surface area contributed by atoms with E-state index in [1.54, 1.807) is 62.3 Å². The molecule has 0 aromatic carbocycles. The lowest BCUT2D eigenvalue weighted by atomic mass is 9.94. The first-order valence-electron chi connectivity index (χ1n) is 36.7. The third-order valence-electron chi connectivity index (χ3n) is 18.2. The maximum absolute atomic E-state index is 14.9. The molecule has 0 bridgehead atoms. The summed E-state index contributed by atoms with van der Waals surface area (Å²) in [5.74, 6) is -13.0. The number of carbonyl (C=O) groups is 11. The fourth-order valence-electron chi connectivity index (χ4n) is 10.6. The molecule has 0 aliphatic rings. The first-order valence-corrected chi connectivity index (χ1v) is 36.7. The summed E-state index contributed by atoms with van der Waals surface area (Å²) >= 11 is 0. The lowest BCUT2D eigenvalue weighted by Gasteiger charge is -2.31. The summed E-state index contributed by atoms with van der Waals surface area (Å²) in [6.45, 7) is 17.7. The summed E-state index contributed by atoms with van der Waals surface area (Å²) in [4.78, 5) is 181. The number of primary amides is 1. The predicted molar refractivity (Wildman–Crippen MR) is 413 cm³/mol. The number of rotatable bonds is 55. The van der Waals surface area contributed by atoms with Crippen molar-refractivity contribution in [1.82, 2.24) is 53.2 Å². The van der Waals surface area contributed by atoms with Crippen molar-refractivity contribution < 1.29 is 52.7 Å². The molecule has 41 nitrogen and oxygen atoms in total. The van der Waals surface area contributed by atoms with Crippen molar-refractivity contribution >= 4 is 101 Å². The highest BCUT2D eigenvalue weighted by molar-refractivity contribution is 5.99. The van der Waals surface area contributed by atoms with Crippen molar-refractivity contribution in [2.45, 2.75) is 245 Å². The first-order chi connectivity index (χ1) is 50.3. The Bertz CT molecular complexity index is 3000. The van der Waals surface area contributed by atoms with Crippen LogP contribution in [-0.2, 0) is 52.7 Å². The highest BCUT2D eigenvalue weighted by Crippen LogP contribution is 2.18. The Labute approximate surface area is 628 Å². The lowest BCUT2D eigenvalue weighted by molar-refractivity contribution is -0.137. The lowest BCUT2D eigenvalue weighted by Crippen LogP contribution is -2.62. The molecule has 610 valence electrons.